The highest BCUT2D eigenvalue weighted by molar-refractivity contribution is 5.90. The van der Waals surface area contributed by atoms with Crippen molar-refractivity contribution in [3.8, 4) is 11.5 Å². The summed E-state index contributed by atoms with van der Waals surface area (Å²) in [5.41, 5.74) is 2.56. The number of carboxylic acids is 1. The Balaban J connectivity index is 1.50. The largest absolute Gasteiger partial charge is 0.485 e. The smallest absolute Gasteiger partial charge is 0.326 e. The van der Waals surface area contributed by atoms with E-state index in [1.165, 1.54) is 11.8 Å². The van der Waals surface area contributed by atoms with E-state index in [1.54, 1.807) is 18.2 Å². The van der Waals surface area contributed by atoms with Gasteiger partial charge in [0.15, 0.2) is 11.5 Å². The van der Waals surface area contributed by atoms with E-state index >= 15 is 0 Å². The number of ether oxygens (including phenoxy) is 2. The molecule has 1 fully saturated rings. The van der Waals surface area contributed by atoms with Gasteiger partial charge in [-0.25, -0.2) is 4.79 Å². The van der Waals surface area contributed by atoms with Gasteiger partial charge in [0.25, 0.3) is 0 Å². The molecule has 1 saturated heterocycles. The lowest BCUT2D eigenvalue weighted by molar-refractivity contribution is -0.143. The molecule has 39 heavy (non-hydrogen) atoms. The zero-order valence-electron chi connectivity index (χ0n) is 21.7. The number of likely N-dealkylation sites (tertiary alicyclic amines) is 1. The predicted molar refractivity (Wildman–Crippen MR) is 143 cm³/mol. The summed E-state index contributed by atoms with van der Waals surface area (Å²) < 4.78 is 12.1. The highest BCUT2D eigenvalue weighted by Crippen LogP contribution is 2.31. The molecule has 0 aromatic heterocycles. The van der Waals surface area contributed by atoms with Crippen molar-refractivity contribution in [1.29, 1.82) is 0 Å². The van der Waals surface area contributed by atoms with Crippen LogP contribution in [0.1, 0.15) is 30.0 Å². The Morgan fingerprint density at radius 1 is 0.897 bits per heavy atom. The summed E-state index contributed by atoms with van der Waals surface area (Å²) in [5.74, 6) is -1.23. The van der Waals surface area contributed by atoms with Crippen molar-refractivity contribution < 1.29 is 34.1 Å². The average molecular weight is 533 g/mol. The monoisotopic (exact) mass is 532 g/mol. The molecule has 204 valence electrons. The van der Waals surface area contributed by atoms with Crippen LogP contribution in [-0.4, -0.2) is 57.6 Å². The number of aliphatic hydroxyl groups is 1. The Morgan fingerprint density at radius 2 is 1.49 bits per heavy atom. The lowest BCUT2D eigenvalue weighted by atomic mass is 10.0. The van der Waals surface area contributed by atoms with Crippen molar-refractivity contribution in [2.75, 3.05) is 6.54 Å². The quantitative estimate of drug-likeness (QED) is 0.347. The number of aliphatic carboxylic acids is 1. The molecular formula is C30H32N2O7. The minimum atomic E-state index is -1.25. The second-order valence-electron chi connectivity index (χ2n) is 9.51. The molecule has 1 heterocycles. The Kier molecular flexibility index (Phi) is 9.17. The SMILES string of the molecule is CC(=O)N1C[C@H](O)C[C@H]1C(=O)N[C@@H](Cc1ccc(OCc2ccccc2)c(OCc2ccccc2)c1)C(=O)O. The van der Waals surface area contributed by atoms with Crippen LogP contribution in [0.4, 0.5) is 0 Å². The lowest BCUT2D eigenvalue weighted by Crippen LogP contribution is -2.51. The molecule has 1 aliphatic heterocycles. The Hall–Kier alpha value is -4.37. The highest BCUT2D eigenvalue weighted by atomic mass is 16.5. The van der Waals surface area contributed by atoms with E-state index in [4.69, 9.17) is 9.47 Å². The summed E-state index contributed by atoms with van der Waals surface area (Å²) in [6.45, 7) is 1.97. The maximum absolute atomic E-state index is 12.9. The van der Waals surface area contributed by atoms with Crippen LogP contribution in [0.2, 0.25) is 0 Å². The van der Waals surface area contributed by atoms with E-state index in [-0.39, 0.29) is 31.9 Å². The Bertz CT molecular complexity index is 1280. The minimum absolute atomic E-state index is 0.0168. The first-order valence-corrected chi connectivity index (χ1v) is 12.7. The third-order valence-corrected chi connectivity index (χ3v) is 6.52. The lowest BCUT2D eigenvalue weighted by Gasteiger charge is -2.24. The molecule has 0 unspecified atom stereocenters. The van der Waals surface area contributed by atoms with Crippen LogP contribution in [0.25, 0.3) is 0 Å². The molecule has 0 spiro atoms. The summed E-state index contributed by atoms with van der Waals surface area (Å²) >= 11 is 0. The summed E-state index contributed by atoms with van der Waals surface area (Å²) in [7, 11) is 0. The first-order chi connectivity index (χ1) is 18.8. The fourth-order valence-corrected chi connectivity index (χ4v) is 4.50. The molecular weight excluding hydrogens is 500 g/mol. The Labute approximate surface area is 227 Å². The number of aliphatic hydroxyl groups excluding tert-OH is 1. The molecule has 9 nitrogen and oxygen atoms in total. The number of carbonyl (C=O) groups excluding carboxylic acids is 2. The third-order valence-electron chi connectivity index (χ3n) is 6.52. The molecule has 3 aromatic carbocycles. The summed E-state index contributed by atoms with van der Waals surface area (Å²) in [5, 5.41) is 22.3. The van der Waals surface area contributed by atoms with Gasteiger partial charge in [0.1, 0.15) is 25.3 Å². The number of nitrogens with zero attached hydrogens (tertiary/aromatic N) is 1. The van der Waals surface area contributed by atoms with Crippen LogP contribution in [0.3, 0.4) is 0 Å². The zero-order valence-corrected chi connectivity index (χ0v) is 21.7. The standard InChI is InChI=1S/C30H32N2O7/c1-20(33)32-17-24(34)16-26(32)29(35)31-25(30(36)37)14-23-12-13-27(38-18-21-8-4-2-5-9-21)28(15-23)39-19-22-10-6-3-7-11-22/h2-13,15,24-26,34H,14,16-19H2,1H3,(H,31,35)(H,36,37)/t24-,25+,26+/m1/s1. The Morgan fingerprint density at radius 3 is 2.05 bits per heavy atom. The van der Waals surface area contributed by atoms with E-state index in [0.29, 0.717) is 23.7 Å². The first kappa shape index (κ1) is 27.7. The van der Waals surface area contributed by atoms with E-state index in [1.807, 2.05) is 60.7 Å². The molecule has 1 aliphatic rings. The molecule has 3 aromatic rings. The van der Waals surface area contributed by atoms with Crippen molar-refractivity contribution in [1.82, 2.24) is 10.2 Å². The van der Waals surface area contributed by atoms with Crippen LogP contribution >= 0.6 is 0 Å². The number of benzene rings is 3. The normalized spacial score (nSPS) is 17.3. The number of carbonyl (C=O) groups is 3. The molecule has 2 amide bonds. The molecule has 0 saturated carbocycles. The number of carboxylic acid groups (broad SMARTS) is 1. The van der Waals surface area contributed by atoms with Crippen molar-refractivity contribution in [3.05, 3.63) is 95.6 Å². The van der Waals surface area contributed by atoms with Crippen LogP contribution in [0.5, 0.6) is 11.5 Å². The van der Waals surface area contributed by atoms with Crippen LogP contribution < -0.4 is 14.8 Å². The fraction of sp³-hybridized carbons (Fsp3) is 0.300. The first-order valence-electron chi connectivity index (χ1n) is 12.7. The van der Waals surface area contributed by atoms with Crippen molar-refractivity contribution >= 4 is 17.8 Å². The van der Waals surface area contributed by atoms with Crippen LogP contribution in [0, 0.1) is 0 Å². The maximum atomic E-state index is 12.9. The van der Waals surface area contributed by atoms with Gasteiger partial charge in [0, 0.05) is 26.3 Å². The summed E-state index contributed by atoms with van der Waals surface area (Å²) in [4.78, 5) is 38.1. The molecule has 3 N–H and O–H groups in total. The van der Waals surface area contributed by atoms with Crippen molar-refractivity contribution in [2.45, 2.75) is 51.2 Å². The number of rotatable bonds is 11. The second kappa shape index (κ2) is 12.9. The number of hydrogen-bond acceptors (Lipinski definition) is 6. The van der Waals surface area contributed by atoms with E-state index in [0.717, 1.165) is 11.1 Å². The van der Waals surface area contributed by atoms with Gasteiger partial charge in [-0.05, 0) is 28.8 Å². The summed E-state index contributed by atoms with van der Waals surface area (Å²) in [6.07, 6.45) is -0.791. The molecule has 3 atom stereocenters. The maximum Gasteiger partial charge on any atom is 0.326 e. The van der Waals surface area contributed by atoms with Gasteiger partial charge >= 0.3 is 5.97 Å². The fourth-order valence-electron chi connectivity index (χ4n) is 4.50. The second-order valence-corrected chi connectivity index (χ2v) is 9.51. The molecule has 0 bridgehead atoms. The van der Waals surface area contributed by atoms with Gasteiger partial charge in [-0.15, -0.1) is 0 Å². The van der Waals surface area contributed by atoms with Gasteiger partial charge in [0.2, 0.25) is 11.8 Å². The number of β-amino-alcohol motifs (C(OH)–C–C–N with tert-alkyl or cyclic N) is 1. The van der Waals surface area contributed by atoms with Gasteiger partial charge < -0.3 is 29.9 Å². The van der Waals surface area contributed by atoms with Gasteiger partial charge in [-0.3, -0.25) is 9.59 Å². The van der Waals surface area contributed by atoms with E-state index in [9.17, 15) is 24.6 Å². The minimum Gasteiger partial charge on any atom is -0.485 e. The van der Waals surface area contributed by atoms with Gasteiger partial charge in [-0.1, -0.05) is 66.7 Å². The third kappa shape index (κ3) is 7.58. The molecule has 4 rings (SSSR count). The van der Waals surface area contributed by atoms with Crippen LogP contribution in [0.15, 0.2) is 78.9 Å². The topological polar surface area (TPSA) is 125 Å². The molecule has 9 heteroatoms. The van der Waals surface area contributed by atoms with E-state index in [2.05, 4.69) is 5.32 Å². The number of amides is 2. The average Bonchev–Trinajstić information content (AvgIpc) is 3.34. The molecule has 0 radical (unpaired) electrons. The zero-order chi connectivity index (χ0) is 27.8. The van der Waals surface area contributed by atoms with Gasteiger partial charge in [-0.2, -0.15) is 0 Å². The van der Waals surface area contributed by atoms with Crippen LogP contribution in [-0.2, 0) is 34.0 Å². The number of hydrogen-bond donors (Lipinski definition) is 3. The van der Waals surface area contributed by atoms with Crippen molar-refractivity contribution in [3.63, 3.8) is 0 Å². The summed E-state index contributed by atoms with van der Waals surface area (Å²) in [6, 6.07) is 22.3. The van der Waals surface area contributed by atoms with Crippen molar-refractivity contribution in [2.24, 2.45) is 0 Å². The predicted octanol–water partition coefficient (Wildman–Crippen LogP) is 2.94. The highest BCUT2D eigenvalue weighted by Gasteiger charge is 2.38. The van der Waals surface area contributed by atoms with Gasteiger partial charge in [0.05, 0.1) is 6.10 Å². The molecule has 0 aliphatic carbocycles. The van der Waals surface area contributed by atoms with E-state index < -0.39 is 30.1 Å². The number of nitrogens with one attached hydrogen (secondary N) is 1.